The normalized spacial score (nSPS) is 19.2. The van der Waals surface area contributed by atoms with Crippen molar-refractivity contribution >= 4 is 23.6 Å². The van der Waals surface area contributed by atoms with E-state index in [0.29, 0.717) is 43.7 Å². The Hall–Kier alpha value is -3.89. The van der Waals surface area contributed by atoms with Crippen molar-refractivity contribution in [2.75, 3.05) is 19.7 Å². The molecule has 1 aromatic carbocycles. The summed E-state index contributed by atoms with van der Waals surface area (Å²) in [4.78, 5) is 52.2. The van der Waals surface area contributed by atoms with Crippen LogP contribution in [0.2, 0.25) is 0 Å². The van der Waals surface area contributed by atoms with Crippen molar-refractivity contribution in [2.24, 2.45) is 13.0 Å². The number of nitrogens with zero attached hydrogens (tertiary/aromatic N) is 2. The summed E-state index contributed by atoms with van der Waals surface area (Å²) < 4.78 is 7.65. The number of hydrogen-bond acceptors (Lipinski definition) is 6. The molecule has 4 N–H and O–H groups in total. The Morgan fingerprint density at radius 1 is 1.18 bits per heavy atom. The van der Waals surface area contributed by atoms with E-state index < -0.39 is 23.9 Å². The standard InChI is InChI=1S/C29H42N6O5/c1-18(2)17-24-29(39)30-14-8-16-40-25-10-7-6-9-22(25)27(37)33-23(11-12-26(36)32-24)28(38)31-15-13-21-19(3)34-35(5)20(21)4/h6-7,9-10,18,23-24H,8,11-17H2,1-5H3,(H,30,39)(H,31,38)(H,32,36)(H,33,37)/t23-,24-/m0/s1. The van der Waals surface area contributed by atoms with Crippen LogP contribution < -0.4 is 26.0 Å². The molecule has 1 aliphatic rings. The number of carbonyl (C=O) groups is 4. The number of benzene rings is 1. The number of para-hydroxylation sites is 1. The quantitative estimate of drug-likeness (QED) is 0.428. The number of hydrogen-bond donors (Lipinski definition) is 4. The topological polar surface area (TPSA) is 143 Å². The summed E-state index contributed by atoms with van der Waals surface area (Å²) in [6.07, 6.45) is 1.61. The molecule has 0 bridgehead atoms. The number of amides is 4. The minimum Gasteiger partial charge on any atom is -0.493 e. The minimum absolute atomic E-state index is 0.0425. The maximum Gasteiger partial charge on any atom is 0.255 e. The SMILES string of the molecule is Cc1nn(C)c(C)c1CCNC(=O)[C@@H]1CCC(=O)N[C@@H](CC(C)C)C(=O)NCCCOc2ccccc2C(=O)N1. The average molecular weight is 555 g/mol. The third-order valence-electron chi connectivity index (χ3n) is 6.98. The maximum absolute atomic E-state index is 13.3. The molecule has 2 heterocycles. The molecule has 0 radical (unpaired) electrons. The largest absolute Gasteiger partial charge is 0.493 e. The van der Waals surface area contributed by atoms with Crippen molar-refractivity contribution in [3.05, 3.63) is 46.8 Å². The molecule has 1 aromatic heterocycles. The Bertz CT molecular complexity index is 1210. The summed E-state index contributed by atoms with van der Waals surface area (Å²) in [6.45, 7) is 8.87. The van der Waals surface area contributed by atoms with Gasteiger partial charge in [-0.25, -0.2) is 0 Å². The summed E-state index contributed by atoms with van der Waals surface area (Å²) in [5.74, 6) is -0.894. The van der Waals surface area contributed by atoms with Gasteiger partial charge in [-0.05, 0) is 63.1 Å². The van der Waals surface area contributed by atoms with E-state index in [2.05, 4.69) is 26.4 Å². The lowest BCUT2D eigenvalue weighted by atomic mass is 10.0. The molecule has 0 aliphatic carbocycles. The zero-order valence-electron chi connectivity index (χ0n) is 24.1. The highest BCUT2D eigenvalue weighted by Gasteiger charge is 2.26. The average Bonchev–Trinajstić information content (AvgIpc) is 3.15. The molecule has 2 aromatic rings. The van der Waals surface area contributed by atoms with E-state index in [1.807, 2.05) is 34.7 Å². The lowest BCUT2D eigenvalue weighted by Gasteiger charge is -2.22. The van der Waals surface area contributed by atoms with Crippen LogP contribution in [0, 0.1) is 19.8 Å². The zero-order valence-corrected chi connectivity index (χ0v) is 24.1. The van der Waals surface area contributed by atoms with Gasteiger partial charge in [0.1, 0.15) is 17.8 Å². The Labute approximate surface area is 235 Å². The van der Waals surface area contributed by atoms with E-state index >= 15 is 0 Å². The van der Waals surface area contributed by atoms with Crippen LogP contribution >= 0.6 is 0 Å². The number of aryl methyl sites for hydroxylation is 2. The smallest absolute Gasteiger partial charge is 0.255 e. The first-order valence-corrected chi connectivity index (χ1v) is 13.9. The fraction of sp³-hybridized carbons (Fsp3) is 0.552. The van der Waals surface area contributed by atoms with Gasteiger partial charge in [0.2, 0.25) is 17.7 Å². The summed E-state index contributed by atoms with van der Waals surface area (Å²) in [6, 6.07) is 5.15. The Morgan fingerprint density at radius 3 is 2.62 bits per heavy atom. The van der Waals surface area contributed by atoms with Gasteiger partial charge in [0.05, 0.1) is 17.9 Å². The summed E-state index contributed by atoms with van der Waals surface area (Å²) >= 11 is 0. The minimum atomic E-state index is -0.965. The van der Waals surface area contributed by atoms with Crippen LogP contribution in [0.5, 0.6) is 5.75 Å². The van der Waals surface area contributed by atoms with Crippen molar-refractivity contribution < 1.29 is 23.9 Å². The lowest BCUT2D eigenvalue weighted by molar-refractivity contribution is -0.129. The Kier molecular flexibility index (Phi) is 11.1. The van der Waals surface area contributed by atoms with Gasteiger partial charge in [0.25, 0.3) is 5.91 Å². The number of ether oxygens (including phenoxy) is 1. The first-order valence-electron chi connectivity index (χ1n) is 13.9. The molecular weight excluding hydrogens is 512 g/mol. The van der Waals surface area contributed by atoms with Crippen molar-refractivity contribution in [3.63, 3.8) is 0 Å². The predicted octanol–water partition coefficient (Wildman–Crippen LogP) is 1.70. The van der Waals surface area contributed by atoms with Gasteiger partial charge >= 0.3 is 0 Å². The number of aromatic nitrogens is 2. The molecule has 2 atom stereocenters. The summed E-state index contributed by atoms with van der Waals surface area (Å²) in [5.41, 5.74) is 3.28. The number of fused-ring (bicyclic) bond motifs is 1. The summed E-state index contributed by atoms with van der Waals surface area (Å²) in [7, 11) is 1.88. The molecule has 40 heavy (non-hydrogen) atoms. The molecule has 218 valence electrons. The highest BCUT2D eigenvalue weighted by atomic mass is 16.5. The number of carbonyl (C=O) groups excluding carboxylic acids is 4. The van der Waals surface area contributed by atoms with Gasteiger partial charge in [-0.3, -0.25) is 23.9 Å². The second-order valence-corrected chi connectivity index (χ2v) is 10.6. The predicted molar refractivity (Wildman–Crippen MR) is 151 cm³/mol. The fourth-order valence-corrected chi connectivity index (χ4v) is 4.73. The molecule has 0 saturated heterocycles. The molecule has 0 spiro atoms. The molecule has 11 heteroatoms. The fourth-order valence-electron chi connectivity index (χ4n) is 4.73. The lowest BCUT2D eigenvalue weighted by Crippen LogP contribution is -2.50. The third-order valence-corrected chi connectivity index (χ3v) is 6.98. The van der Waals surface area contributed by atoms with Gasteiger partial charge < -0.3 is 26.0 Å². The van der Waals surface area contributed by atoms with E-state index in [1.165, 1.54) is 0 Å². The summed E-state index contributed by atoms with van der Waals surface area (Å²) in [5, 5.41) is 15.8. The van der Waals surface area contributed by atoms with Gasteiger partial charge in [-0.1, -0.05) is 26.0 Å². The molecule has 0 unspecified atom stereocenters. The van der Waals surface area contributed by atoms with Crippen LogP contribution in [-0.4, -0.2) is 65.2 Å². The monoisotopic (exact) mass is 554 g/mol. The van der Waals surface area contributed by atoms with E-state index in [-0.39, 0.29) is 37.2 Å². The Balaban J connectivity index is 1.77. The van der Waals surface area contributed by atoms with E-state index in [9.17, 15) is 19.2 Å². The molecule has 11 nitrogen and oxygen atoms in total. The van der Waals surface area contributed by atoms with Crippen molar-refractivity contribution in [1.29, 1.82) is 0 Å². The zero-order chi connectivity index (χ0) is 29.2. The van der Waals surface area contributed by atoms with Crippen molar-refractivity contribution in [2.45, 2.75) is 71.9 Å². The van der Waals surface area contributed by atoms with Crippen LogP contribution in [0.15, 0.2) is 24.3 Å². The second kappa shape index (κ2) is 14.5. The second-order valence-electron chi connectivity index (χ2n) is 10.6. The molecule has 0 saturated carbocycles. The van der Waals surface area contributed by atoms with E-state index in [0.717, 1.165) is 17.0 Å². The molecule has 4 amide bonds. The van der Waals surface area contributed by atoms with Crippen LogP contribution in [0.1, 0.15) is 66.8 Å². The van der Waals surface area contributed by atoms with Gasteiger partial charge in [0.15, 0.2) is 0 Å². The molecule has 1 aliphatic heterocycles. The van der Waals surface area contributed by atoms with Gasteiger partial charge in [-0.2, -0.15) is 5.10 Å². The maximum atomic E-state index is 13.3. The highest BCUT2D eigenvalue weighted by Crippen LogP contribution is 2.19. The third kappa shape index (κ3) is 8.56. The first-order chi connectivity index (χ1) is 19.1. The van der Waals surface area contributed by atoms with Crippen LogP contribution in [-0.2, 0) is 27.9 Å². The highest BCUT2D eigenvalue weighted by molar-refractivity contribution is 5.99. The number of rotatable bonds is 6. The van der Waals surface area contributed by atoms with Crippen LogP contribution in [0.25, 0.3) is 0 Å². The van der Waals surface area contributed by atoms with Crippen LogP contribution in [0.3, 0.4) is 0 Å². The van der Waals surface area contributed by atoms with Gasteiger partial charge in [0, 0.05) is 32.3 Å². The van der Waals surface area contributed by atoms with Gasteiger partial charge in [-0.15, -0.1) is 0 Å². The Morgan fingerprint density at radius 2 is 1.93 bits per heavy atom. The first kappa shape index (κ1) is 30.6. The number of nitrogens with one attached hydrogen (secondary N) is 4. The molecule has 3 rings (SSSR count). The van der Waals surface area contributed by atoms with E-state index in [1.54, 1.807) is 28.9 Å². The molecular formula is C29H42N6O5. The molecule has 0 fully saturated rings. The van der Waals surface area contributed by atoms with Crippen LogP contribution in [0.4, 0.5) is 0 Å². The van der Waals surface area contributed by atoms with E-state index in [4.69, 9.17) is 4.74 Å². The van der Waals surface area contributed by atoms with Crippen molar-refractivity contribution in [3.8, 4) is 5.75 Å². The van der Waals surface area contributed by atoms with Crippen molar-refractivity contribution in [1.82, 2.24) is 31.0 Å².